The van der Waals surface area contributed by atoms with Crippen molar-refractivity contribution in [3.05, 3.63) is 45.5 Å². The van der Waals surface area contributed by atoms with Crippen molar-refractivity contribution in [3.63, 3.8) is 0 Å². The number of amidine groups is 1. The molecule has 1 unspecified atom stereocenters. The van der Waals surface area contributed by atoms with E-state index in [4.69, 9.17) is 0 Å². The summed E-state index contributed by atoms with van der Waals surface area (Å²) in [6, 6.07) is 6.04. The van der Waals surface area contributed by atoms with Crippen LogP contribution in [0, 0.1) is 16.0 Å². The zero-order valence-electron chi connectivity index (χ0n) is 16.9. The Morgan fingerprint density at radius 2 is 1.81 bits per heavy atom. The number of fused-ring (bicyclic) bond motifs is 2. The van der Waals surface area contributed by atoms with Gasteiger partial charge < -0.3 is 4.90 Å². The van der Waals surface area contributed by atoms with Crippen LogP contribution in [0.4, 0.5) is 5.69 Å². The van der Waals surface area contributed by atoms with Gasteiger partial charge in [-0.3, -0.25) is 19.7 Å². The Balaban J connectivity index is 1.67. The summed E-state index contributed by atoms with van der Waals surface area (Å²) in [6.45, 7) is 1.58. The molecule has 9 heteroatoms. The Hall–Kier alpha value is -3.49. The lowest BCUT2D eigenvalue weighted by Gasteiger charge is -2.33. The summed E-state index contributed by atoms with van der Waals surface area (Å²) < 4.78 is 0. The minimum Gasteiger partial charge on any atom is -0.341 e. The second-order valence-electron chi connectivity index (χ2n) is 8.15. The molecule has 1 saturated carbocycles. The summed E-state index contributed by atoms with van der Waals surface area (Å²) in [5.41, 5.74) is 1.67. The van der Waals surface area contributed by atoms with E-state index in [9.17, 15) is 19.7 Å². The van der Waals surface area contributed by atoms with E-state index in [2.05, 4.69) is 15.0 Å². The molecule has 1 aliphatic carbocycles. The second kappa shape index (κ2) is 7.64. The Bertz CT molecular complexity index is 1120. The molecule has 0 spiro atoms. The van der Waals surface area contributed by atoms with Crippen molar-refractivity contribution in [1.82, 2.24) is 4.90 Å². The second-order valence-corrected chi connectivity index (χ2v) is 8.15. The topological polar surface area (TPSA) is 118 Å². The SMILES string of the molecule is O=C1N=C(N2CCCCC2)N=C2N=C3CCCC(=O)C3C(c3cccc([N+](=O)[O-])c3)=C12. The van der Waals surface area contributed by atoms with E-state index in [1.165, 1.54) is 12.1 Å². The van der Waals surface area contributed by atoms with Gasteiger partial charge in [0.05, 0.1) is 16.4 Å². The molecule has 0 aromatic heterocycles. The fourth-order valence-corrected chi connectivity index (χ4v) is 4.71. The highest BCUT2D eigenvalue weighted by Gasteiger charge is 2.42. The van der Waals surface area contributed by atoms with Crippen LogP contribution in [-0.2, 0) is 9.59 Å². The number of hydrogen-bond donors (Lipinski definition) is 0. The fraction of sp³-hybridized carbons (Fsp3) is 0.409. The number of Topliss-reactive ketones (excluding diaryl/α,β-unsaturated/α-hetero) is 1. The predicted octanol–water partition coefficient (Wildman–Crippen LogP) is 2.95. The monoisotopic (exact) mass is 419 g/mol. The molecule has 9 nitrogen and oxygen atoms in total. The number of carbonyl (C=O) groups is 2. The number of nitro benzene ring substituents is 1. The first-order valence-electron chi connectivity index (χ1n) is 10.6. The van der Waals surface area contributed by atoms with Crippen LogP contribution in [0.5, 0.6) is 0 Å². The molecule has 1 amide bonds. The van der Waals surface area contributed by atoms with Crippen molar-refractivity contribution >= 4 is 40.5 Å². The Kier molecular flexibility index (Phi) is 4.80. The maximum Gasteiger partial charge on any atom is 0.284 e. The number of benzene rings is 1. The third kappa shape index (κ3) is 3.39. The van der Waals surface area contributed by atoms with Crippen LogP contribution in [0.3, 0.4) is 0 Å². The molecule has 4 aliphatic rings. The molecular weight excluding hydrogens is 398 g/mol. The summed E-state index contributed by atoms with van der Waals surface area (Å²) in [5, 5.41) is 11.3. The van der Waals surface area contributed by atoms with Gasteiger partial charge in [-0.1, -0.05) is 12.1 Å². The minimum absolute atomic E-state index is 0.0309. The molecule has 0 radical (unpaired) electrons. The van der Waals surface area contributed by atoms with Gasteiger partial charge in [-0.15, -0.1) is 0 Å². The molecule has 31 heavy (non-hydrogen) atoms. The van der Waals surface area contributed by atoms with Crippen LogP contribution in [-0.4, -0.2) is 52.1 Å². The number of guanidine groups is 1. The molecule has 0 bridgehead atoms. The van der Waals surface area contributed by atoms with Crippen molar-refractivity contribution in [2.45, 2.75) is 38.5 Å². The molecule has 1 saturated heterocycles. The van der Waals surface area contributed by atoms with Crippen molar-refractivity contribution in [2.75, 3.05) is 13.1 Å². The van der Waals surface area contributed by atoms with Crippen LogP contribution in [0.1, 0.15) is 44.1 Å². The highest BCUT2D eigenvalue weighted by atomic mass is 16.6. The molecule has 3 aliphatic heterocycles. The van der Waals surface area contributed by atoms with Crippen LogP contribution >= 0.6 is 0 Å². The van der Waals surface area contributed by atoms with Gasteiger partial charge in [-0.05, 0) is 43.2 Å². The van der Waals surface area contributed by atoms with Gasteiger partial charge in [0, 0.05) is 37.4 Å². The number of allylic oxidation sites excluding steroid dienone is 1. The highest BCUT2D eigenvalue weighted by Crippen LogP contribution is 2.40. The van der Waals surface area contributed by atoms with Gasteiger partial charge in [0.2, 0.25) is 5.96 Å². The maximum atomic E-state index is 13.2. The highest BCUT2D eigenvalue weighted by molar-refractivity contribution is 6.38. The number of nitro groups is 1. The fourth-order valence-electron chi connectivity index (χ4n) is 4.71. The first-order chi connectivity index (χ1) is 15.0. The van der Waals surface area contributed by atoms with Crippen LogP contribution < -0.4 is 0 Å². The Labute approximate surface area is 178 Å². The molecule has 2 fully saturated rings. The normalized spacial score (nSPS) is 23.5. The number of ketones is 1. The van der Waals surface area contributed by atoms with Crippen molar-refractivity contribution in [1.29, 1.82) is 0 Å². The first kappa shape index (κ1) is 19.5. The number of likely N-dealkylation sites (tertiary alicyclic amines) is 1. The number of non-ortho nitro benzene ring substituents is 1. The average molecular weight is 419 g/mol. The standard InChI is InChI=1S/C22H21N5O4/c28-16-9-5-8-15-18(16)17(13-6-4-7-14(12-13)27(30)31)19-20(23-15)24-22(25-21(19)29)26-10-2-1-3-11-26/h4,6-7,12,18H,1-3,5,8-11H2. The molecule has 3 heterocycles. The molecule has 1 aromatic carbocycles. The van der Waals surface area contributed by atoms with Crippen LogP contribution in [0.15, 0.2) is 44.8 Å². The molecular formula is C22H21N5O4. The molecule has 0 N–H and O–H groups in total. The van der Waals surface area contributed by atoms with E-state index in [-0.39, 0.29) is 22.9 Å². The molecule has 1 aromatic rings. The Morgan fingerprint density at radius 3 is 2.58 bits per heavy atom. The van der Waals surface area contributed by atoms with Crippen molar-refractivity contribution in [2.24, 2.45) is 20.9 Å². The van der Waals surface area contributed by atoms with Gasteiger partial charge in [-0.2, -0.15) is 9.98 Å². The summed E-state index contributed by atoms with van der Waals surface area (Å²) in [6.07, 6.45) is 4.89. The maximum absolute atomic E-state index is 13.2. The van der Waals surface area contributed by atoms with Gasteiger partial charge >= 0.3 is 0 Å². The number of nitrogens with zero attached hydrogens (tertiary/aromatic N) is 5. The lowest BCUT2D eigenvalue weighted by molar-refractivity contribution is -0.384. The number of piperidine rings is 1. The first-order valence-corrected chi connectivity index (χ1v) is 10.6. The summed E-state index contributed by atoms with van der Waals surface area (Å²) in [7, 11) is 0. The number of hydrogen-bond acceptors (Lipinski definition) is 7. The minimum atomic E-state index is -0.680. The van der Waals surface area contributed by atoms with Crippen molar-refractivity contribution in [3.8, 4) is 0 Å². The number of aliphatic imine (C=N–C) groups is 3. The average Bonchev–Trinajstić information content (AvgIpc) is 2.78. The van der Waals surface area contributed by atoms with Gasteiger partial charge in [0.15, 0.2) is 5.84 Å². The smallest absolute Gasteiger partial charge is 0.284 e. The van der Waals surface area contributed by atoms with Crippen molar-refractivity contribution < 1.29 is 14.5 Å². The van der Waals surface area contributed by atoms with E-state index < -0.39 is 16.7 Å². The lowest BCUT2D eigenvalue weighted by atomic mass is 9.74. The largest absolute Gasteiger partial charge is 0.341 e. The van der Waals surface area contributed by atoms with Gasteiger partial charge in [0.1, 0.15) is 5.78 Å². The number of carbonyl (C=O) groups excluding carboxylic acids is 2. The number of rotatable bonds is 2. The lowest BCUT2D eigenvalue weighted by Crippen LogP contribution is -2.41. The van der Waals surface area contributed by atoms with Gasteiger partial charge in [-0.25, -0.2) is 4.99 Å². The number of dihydropyridines is 1. The summed E-state index contributed by atoms with van der Waals surface area (Å²) >= 11 is 0. The molecule has 5 rings (SSSR count). The third-order valence-corrected chi connectivity index (χ3v) is 6.17. The Morgan fingerprint density at radius 1 is 1.00 bits per heavy atom. The van der Waals surface area contributed by atoms with E-state index in [1.807, 2.05) is 4.90 Å². The van der Waals surface area contributed by atoms with Crippen LogP contribution in [0.25, 0.3) is 5.57 Å². The van der Waals surface area contributed by atoms with E-state index in [0.717, 1.165) is 32.4 Å². The molecule has 158 valence electrons. The van der Waals surface area contributed by atoms with Crippen LogP contribution in [0.2, 0.25) is 0 Å². The predicted molar refractivity (Wildman–Crippen MR) is 115 cm³/mol. The molecule has 1 atom stereocenters. The van der Waals surface area contributed by atoms with Gasteiger partial charge in [0.25, 0.3) is 11.6 Å². The van der Waals surface area contributed by atoms with E-state index >= 15 is 0 Å². The summed E-state index contributed by atoms with van der Waals surface area (Å²) in [4.78, 5) is 52.4. The number of amides is 1. The summed E-state index contributed by atoms with van der Waals surface area (Å²) in [5.74, 6) is -0.569. The zero-order valence-corrected chi connectivity index (χ0v) is 16.9. The quantitative estimate of drug-likeness (QED) is 0.539. The third-order valence-electron chi connectivity index (χ3n) is 6.17. The van der Waals surface area contributed by atoms with E-state index in [1.54, 1.807) is 12.1 Å². The zero-order chi connectivity index (χ0) is 21.5. The van der Waals surface area contributed by atoms with E-state index in [0.29, 0.717) is 42.1 Å².